The summed E-state index contributed by atoms with van der Waals surface area (Å²) in [7, 11) is 0. The Labute approximate surface area is 225 Å². The summed E-state index contributed by atoms with van der Waals surface area (Å²) in [4.78, 5) is 24.1. The van der Waals surface area contributed by atoms with Crippen LogP contribution in [0, 0.1) is 0 Å². The smallest absolute Gasteiger partial charge is 0.257 e. The molecule has 2 aromatic rings. The molecular formula is C27H36Br2N2O4. The van der Waals surface area contributed by atoms with Gasteiger partial charge in [-0.3, -0.25) is 9.59 Å². The van der Waals surface area contributed by atoms with E-state index in [-0.39, 0.29) is 25.0 Å². The monoisotopic (exact) mass is 610 g/mol. The fraction of sp³-hybridized carbons (Fsp3) is 0.481. The molecule has 0 saturated heterocycles. The second-order valence-electron chi connectivity index (χ2n) is 8.63. The molecule has 0 aliphatic rings. The van der Waals surface area contributed by atoms with Gasteiger partial charge in [0, 0.05) is 13.1 Å². The molecule has 8 heteroatoms. The van der Waals surface area contributed by atoms with Gasteiger partial charge < -0.3 is 20.1 Å². The Morgan fingerprint density at radius 1 is 0.771 bits per heavy atom. The minimum absolute atomic E-state index is 0.0633. The maximum absolute atomic E-state index is 12.1. The van der Waals surface area contributed by atoms with E-state index >= 15 is 0 Å². The van der Waals surface area contributed by atoms with Crippen LogP contribution in [-0.2, 0) is 9.59 Å². The fourth-order valence-corrected chi connectivity index (χ4v) is 4.31. The third-order valence-electron chi connectivity index (χ3n) is 5.99. The Morgan fingerprint density at radius 3 is 1.51 bits per heavy atom. The minimum atomic E-state index is -0.205. The van der Waals surface area contributed by atoms with E-state index in [1.807, 2.05) is 36.4 Å². The van der Waals surface area contributed by atoms with E-state index in [1.54, 1.807) is 0 Å². The van der Waals surface area contributed by atoms with Crippen molar-refractivity contribution in [2.75, 3.05) is 26.3 Å². The van der Waals surface area contributed by atoms with Crippen LogP contribution in [0.15, 0.2) is 45.3 Å². The SMILES string of the molecule is CCC(C)c1ccc(OCC(=O)NCCCNC(=O)COc2ccc(C(C)CC)cc2Br)c(Br)c1. The molecule has 2 aromatic carbocycles. The third kappa shape index (κ3) is 9.84. The zero-order valence-electron chi connectivity index (χ0n) is 21.0. The maximum atomic E-state index is 12.1. The summed E-state index contributed by atoms with van der Waals surface area (Å²) >= 11 is 7.03. The molecule has 2 N–H and O–H groups in total. The van der Waals surface area contributed by atoms with Gasteiger partial charge in [-0.15, -0.1) is 0 Å². The lowest BCUT2D eigenvalue weighted by molar-refractivity contribution is -0.123. The van der Waals surface area contributed by atoms with Crippen LogP contribution >= 0.6 is 31.9 Å². The molecule has 2 amide bonds. The Bertz CT molecular complexity index is 906. The summed E-state index contributed by atoms with van der Waals surface area (Å²) in [6.07, 6.45) is 2.73. The highest BCUT2D eigenvalue weighted by Crippen LogP contribution is 2.31. The van der Waals surface area contributed by atoms with Crippen LogP contribution in [0.5, 0.6) is 11.5 Å². The van der Waals surface area contributed by atoms with E-state index in [9.17, 15) is 9.59 Å². The summed E-state index contributed by atoms with van der Waals surface area (Å²) in [5, 5.41) is 5.60. The van der Waals surface area contributed by atoms with Crippen molar-refractivity contribution in [1.82, 2.24) is 10.6 Å². The fourth-order valence-electron chi connectivity index (χ4n) is 3.29. The van der Waals surface area contributed by atoms with Crippen molar-refractivity contribution < 1.29 is 19.1 Å². The molecule has 0 bridgehead atoms. The van der Waals surface area contributed by atoms with Crippen LogP contribution in [0.2, 0.25) is 0 Å². The summed E-state index contributed by atoms with van der Waals surface area (Å²) in [5.41, 5.74) is 2.46. The lowest BCUT2D eigenvalue weighted by atomic mass is 9.99. The number of benzene rings is 2. The zero-order chi connectivity index (χ0) is 25.8. The van der Waals surface area contributed by atoms with Crippen molar-refractivity contribution in [3.05, 3.63) is 56.5 Å². The molecule has 192 valence electrons. The number of hydrogen-bond acceptors (Lipinski definition) is 4. The van der Waals surface area contributed by atoms with Gasteiger partial charge in [-0.25, -0.2) is 0 Å². The molecule has 0 fully saturated rings. The molecule has 6 nitrogen and oxygen atoms in total. The second-order valence-corrected chi connectivity index (χ2v) is 10.3. The van der Waals surface area contributed by atoms with Crippen molar-refractivity contribution in [2.45, 2.75) is 58.8 Å². The number of nitrogens with one attached hydrogen (secondary N) is 2. The largest absolute Gasteiger partial charge is 0.483 e. The topological polar surface area (TPSA) is 76.7 Å². The summed E-state index contributed by atoms with van der Waals surface area (Å²) in [6.45, 7) is 9.42. The first-order valence-electron chi connectivity index (χ1n) is 12.1. The normalized spacial score (nSPS) is 12.5. The van der Waals surface area contributed by atoms with Gasteiger partial charge in [0.15, 0.2) is 13.2 Å². The predicted octanol–water partition coefficient (Wildman–Crippen LogP) is 6.32. The molecule has 2 rings (SSSR count). The van der Waals surface area contributed by atoms with Gasteiger partial charge in [0.05, 0.1) is 8.95 Å². The molecule has 0 saturated carbocycles. The maximum Gasteiger partial charge on any atom is 0.257 e. The Balaban J connectivity index is 1.61. The summed E-state index contributed by atoms with van der Waals surface area (Å²) in [6, 6.07) is 11.9. The van der Waals surface area contributed by atoms with Crippen molar-refractivity contribution in [3.8, 4) is 11.5 Å². The van der Waals surface area contributed by atoms with Crippen LogP contribution in [-0.4, -0.2) is 38.1 Å². The molecule has 2 atom stereocenters. The molecule has 0 aromatic heterocycles. The Hall–Kier alpha value is -2.06. The van der Waals surface area contributed by atoms with E-state index in [4.69, 9.17) is 9.47 Å². The molecule has 0 aliphatic heterocycles. The first-order chi connectivity index (χ1) is 16.7. The van der Waals surface area contributed by atoms with Gasteiger partial charge in [-0.2, -0.15) is 0 Å². The molecule has 35 heavy (non-hydrogen) atoms. The van der Waals surface area contributed by atoms with Gasteiger partial charge in [0.2, 0.25) is 0 Å². The highest BCUT2D eigenvalue weighted by atomic mass is 79.9. The van der Waals surface area contributed by atoms with Gasteiger partial charge in [0.25, 0.3) is 11.8 Å². The average Bonchev–Trinajstić information content (AvgIpc) is 2.85. The number of carbonyl (C=O) groups is 2. The van der Waals surface area contributed by atoms with E-state index in [1.165, 1.54) is 11.1 Å². The van der Waals surface area contributed by atoms with Gasteiger partial charge in [-0.05, 0) is 98.4 Å². The Kier molecular flexibility index (Phi) is 12.6. The van der Waals surface area contributed by atoms with Crippen molar-refractivity contribution in [1.29, 1.82) is 0 Å². The molecular weight excluding hydrogens is 576 g/mol. The van der Waals surface area contributed by atoms with Crippen LogP contribution in [0.1, 0.15) is 69.9 Å². The Morgan fingerprint density at radius 2 is 1.17 bits per heavy atom. The number of rotatable bonds is 14. The second kappa shape index (κ2) is 15.1. The van der Waals surface area contributed by atoms with Gasteiger partial charge in [-0.1, -0.05) is 39.8 Å². The van der Waals surface area contributed by atoms with E-state index in [2.05, 4.69) is 70.2 Å². The van der Waals surface area contributed by atoms with E-state index < -0.39 is 0 Å². The van der Waals surface area contributed by atoms with Crippen molar-refractivity contribution in [2.24, 2.45) is 0 Å². The summed E-state index contributed by atoms with van der Waals surface area (Å²) < 4.78 is 12.9. The number of halogens is 2. The highest BCUT2D eigenvalue weighted by molar-refractivity contribution is 9.10. The quantitative estimate of drug-likeness (QED) is 0.245. The lowest BCUT2D eigenvalue weighted by Gasteiger charge is -2.13. The zero-order valence-corrected chi connectivity index (χ0v) is 24.1. The van der Waals surface area contributed by atoms with E-state index in [0.717, 1.165) is 21.8 Å². The third-order valence-corrected chi connectivity index (χ3v) is 7.23. The number of amides is 2. The lowest BCUT2D eigenvalue weighted by Crippen LogP contribution is -2.34. The molecule has 0 aliphatic carbocycles. The number of ether oxygens (including phenoxy) is 2. The summed E-state index contributed by atoms with van der Waals surface area (Å²) in [5.74, 6) is 1.81. The van der Waals surface area contributed by atoms with Crippen LogP contribution in [0.25, 0.3) is 0 Å². The number of carbonyl (C=O) groups excluding carboxylic acids is 2. The molecule has 0 heterocycles. The molecule has 0 radical (unpaired) electrons. The minimum Gasteiger partial charge on any atom is -0.483 e. The van der Waals surface area contributed by atoms with Crippen LogP contribution in [0.4, 0.5) is 0 Å². The highest BCUT2D eigenvalue weighted by Gasteiger charge is 2.11. The van der Waals surface area contributed by atoms with Crippen LogP contribution < -0.4 is 20.1 Å². The number of hydrogen-bond donors (Lipinski definition) is 2. The molecule has 2 unspecified atom stereocenters. The first kappa shape index (κ1) is 29.2. The van der Waals surface area contributed by atoms with Gasteiger partial charge >= 0.3 is 0 Å². The predicted molar refractivity (Wildman–Crippen MR) is 147 cm³/mol. The van der Waals surface area contributed by atoms with Crippen molar-refractivity contribution in [3.63, 3.8) is 0 Å². The average molecular weight is 612 g/mol. The first-order valence-corrected chi connectivity index (χ1v) is 13.7. The van der Waals surface area contributed by atoms with Gasteiger partial charge in [0.1, 0.15) is 11.5 Å². The standard InChI is InChI=1S/C27H36Br2N2O4/c1-5-18(3)20-8-10-24(22(28)14-20)34-16-26(32)30-12-7-13-31-27(33)17-35-25-11-9-21(15-23(25)29)19(4)6-2/h8-11,14-15,18-19H,5-7,12-13,16-17H2,1-4H3,(H,30,32)(H,31,33). The molecule has 0 spiro atoms. The van der Waals surface area contributed by atoms with Crippen molar-refractivity contribution >= 4 is 43.7 Å². The van der Waals surface area contributed by atoms with Crippen LogP contribution in [0.3, 0.4) is 0 Å². The van der Waals surface area contributed by atoms with E-state index in [0.29, 0.717) is 42.8 Å².